The van der Waals surface area contributed by atoms with Gasteiger partial charge in [-0.1, -0.05) is 25.6 Å². The molecule has 1 N–H and O–H groups in total. The Morgan fingerprint density at radius 1 is 1.48 bits per heavy atom. The first kappa shape index (κ1) is 16.0. The first-order chi connectivity index (χ1) is 9.90. The number of nitrogens with one attached hydrogen (secondary N) is 1. The molecule has 0 aromatic carbocycles. The quantitative estimate of drug-likeness (QED) is 0.676. The molecule has 2 aromatic heterocycles. The second-order valence-corrected chi connectivity index (χ2v) is 7.14. The number of thioether (sulfide) groups is 1. The summed E-state index contributed by atoms with van der Waals surface area (Å²) in [7, 11) is 1.69. The number of nitrogens with zero attached hydrogens (tertiary/aromatic N) is 2. The molecule has 0 saturated carbocycles. The Labute approximate surface area is 131 Å². The lowest BCUT2D eigenvalue weighted by atomic mass is 10.1. The third-order valence-electron chi connectivity index (χ3n) is 3.37. The lowest BCUT2D eigenvalue weighted by Crippen LogP contribution is -2.37. The number of carbonyl (C=O) groups is 1. The van der Waals surface area contributed by atoms with Crippen LogP contribution in [0, 0.1) is 5.92 Å². The summed E-state index contributed by atoms with van der Waals surface area (Å²) in [5, 5.41) is 5.36. The number of rotatable bonds is 5. The van der Waals surface area contributed by atoms with E-state index in [1.165, 1.54) is 27.7 Å². The molecule has 0 bridgehead atoms. The summed E-state index contributed by atoms with van der Waals surface area (Å²) in [6.07, 6.45) is 0. The van der Waals surface area contributed by atoms with E-state index < -0.39 is 0 Å². The summed E-state index contributed by atoms with van der Waals surface area (Å²) in [6.45, 7) is 6.11. The van der Waals surface area contributed by atoms with Crippen LogP contribution in [0.5, 0.6) is 0 Å². The highest BCUT2D eigenvalue weighted by Gasteiger charge is 2.14. The number of fused-ring (bicyclic) bond motifs is 1. The van der Waals surface area contributed by atoms with Crippen LogP contribution in [0.15, 0.2) is 21.4 Å². The van der Waals surface area contributed by atoms with Crippen LogP contribution in [0.2, 0.25) is 0 Å². The van der Waals surface area contributed by atoms with Crippen molar-refractivity contribution in [3.05, 3.63) is 21.8 Å². The molecular formula is C14H19N3O2S2. The molecule has 21 heavy (non-hydrogen) atoms. The van der Waals surface area contributed by atoms with Gasteiger partial charge in [0, 0.05) is 13.1 Å². The van der Waals surface area contributed by atoms with Gasteiger partial charge in [-0.15, -0.1) is 11.3 Å². The Bertz CT molecular complexity index is 706. The molecule has 2 rings (SSSR count). The Hall–Kier alpha value is -1.34. The normalized spacial score (nSPS) is 12.8. The third kappa shape index (κ3) is 3.65. The summed E-state index contributed by atoms with van der Waals surface area (Å²) in [5.41, 5.74) is 0.634. The van der Waals surface area contributed by atoms with Crippen molar-refractivity contribution in [2.24, 2.45) is 13.0 Å². The first-order valence-electron chi connectivity index (χ1n) is 6.76. The summed E-state index contributed by atoms with van der Waals surface area (Å²) in [4.78, 5) is 28.5. The van der Waals surface area contributed by atoms with Gasteiger partial charge < -0.3 is 5.32 Å². The van der Waals surface area contributed by atoms with Gasteiger partial charge in [-0.05, 0) is 24.3 Å². The molecular weight excluding hydrogens is 306 g/mol. The van der Waals surface area contributed by atoms with Gasteiger partial charge in [-0.3, -0.25) is 14.2 Å². The van der Waals surface area contributed by atoms with E-state index in [0.29, 0.717) is 21.3 Å². The van der Waals surface area contributed by atoms with Crippen LogP contribution in [0.3, 0.4) is 0 Å². The monoisotopic (exact) mass is 325 g/mol. The van der Waals surface area contributed by atoms with E-state index in [-0.39, 0.29) is 23.3 Å². The van der Waals surface area contributed by atoms with E-state index in [2.05, 4.69) is 24.1 Å². The maximum atomic E-state index is 12.1. The molecule has 1 atom stereocenters. The Balaban J connectivity index is 2.08. The van der Waals surface area contributed by atoms with Crippen molar-refractivity contribution in [1.29, 1.82) is 0 Å². The van der Waals surface area contributed by atoms with Crippen molar-refractivity contribution in [2.75, 3.05) is 5.75 Å². The van der Waals surface area contributed by atoms with E-state index >= 15 is 0 Å². The predicted molar refractivity (Wildman–Crippen MR) is 88.0 cm³/mol. The molecule has 1 amide bonds. The molecule has 0 aliphatic heterocycles. The van der Waals surface area contributed by atoms with Crippen LogP contribution < -0.4 is 10.9 Å². The fraction of sp³-hybridized carbons (Fsp3) is 0.500. The van der Waals surface area contributed by atoms with E-state index in [4.69, 9.17) is 0 Å². The summed E-state index contributed by atoms with van der Waals surface area (Å²) in [5.74, 6) is 0.608. The zero-order chi connectivity index (χ0) is 15.6. The molecule has 114 valence electrons. The fourth-order valence-electron chi connectivity index (χ4n) is 1.69. The highest BCUT2D eigenvalue weighted by molar-refractivity contribution is 7.99. The average Bonchev–Trinajstić information content (AvgIpc) is 2.89. The predicted octanol–water partition coefficient (Wildman–Crippen LogP) is 2.25. The van der Waals surface area contributed by atoms with Gasteiger partial charge in [0.15, 0.2) is 5.16 Å². The van der Waals surface area contributed by atoms with Gasteiger partial charge in [0.1, 0.15) is 4.70 Å². The van der Waals surface area contributed by atoms with Gasteiger partial charge in [0.2, 0.25) is 5.91 Å². The Morgan fingerprint density at radius 3 is 2.86 bits per heavy atom. The van der Waals surface area contributed by atoms with Crippen molar-refractivity contribution in [3.63, 3.8) is 0 Å². The topological polar surface area (TPSA) is 64.0 Å². The summed E-state index contributed by atoms with van der Waals surface area (Å²) >= 11 is 2.67. The molecule has 0 aliphatic rings. The molecule has 5 nitrogen and oxygen atoms in total. The number of aromatic nitrogens is 2. The molecule has 0 radical (unpaired) electrons. The number of amides is 1. The van der Waals surface area contributed by atoms with Gasteiger partial charge in [0.25, 0.3) is 5.56 Å². The molecule has 0 spiro atoms. The smallest absolute Gasteiger partial charge is 0.271 e. The van der Waals surface area contributed by atoms with Crippen LogP contribution in [0.4, 0.5) is 0 Å². The van der Waals surface area contributed by atoms with Crippen molar-refractivity contribution in [1.82, 2.24) is 14.9 Å². The van der Waals surface area contributed by atoms with Gasteiger partial charge >= 0.3 is 0 Å². The second kappa shape index (κ2) is 6.62. The summed E-state index contributed by atoms with van der Waals surface area (Å²) < 4.78 is 2.16. The lowest BCUT2D eigenvalue weighted by Gasteiger charge is -2.17. The molecule has 2 heterocycles. The highest BCUT2D eigenvalue weighted by atomic mass is 32.2. The maximum absolute atomic E-state index is 12.1. The maximum Gasteiger partial charge on any atom is 0.271 e. The molecule has 2 aromatic rings. The number of thiophene rings is 1. The summed E-state index contributed by atoms with van der Waals surface area (Å²) in [6, 6.07) is 1.96. The van der Waals surface area contributed by atoms with E-state index in [1.807, 2.05) is 18.4 Å². The zero-order valence-corrected chi connectivity index (χ0v) is 14.2. The van der Waals surface area contributed by atoms with Crippen LogP contribution in [0.25, 0.3) is 10.2 Å². The van der Waals surface area contributed by atoms with Gasteiger partial charge in [0.05, 0.1) is 11.3 Å². The number of hydrogen-bond acceptors (Lipinski definition) is 5. The van der Waals surface area contributed by atoms with Crippen LogP contribution in [-0.4, -0.2) is 27.3 Å². The standard InChI is InChI=1S/C14H19N3O2S2/c1-8(2)9(3)15-11(18)7-21-14-16-10-5-6-20-12(10)13(19)17(14)4/h5-6,8-9H,7H2,1-4H3,(H,15,18). The van der Waals surface area contributed by atoms with Crippen molar-refractivity contribution < 1.29 is 4.79 Å². The Kier molecular flexibility index (Phi) is 5.05. The van der Waals surface area contributed by atoms with Crippen LogP contribution in [0.1, 0.15) is 20.8 Å². The highest BCUT2D eigenvalue weighted by Crippen LogP contribution is 2.19. The van der Waals surface area contributed by atoms with E-state index in [0.717, 1.165) is 0 Å². The minimum atomic E-state index is -0.0616. The lowest BCUT2D eigenvalue weighted by molar-refractivity contribution is -0.119. The van der Waals surface area contributed by atoms with Crippen molar-refractivity contribution in [3.8, 4) is 0 Å². The minimum Gasteiger partial charge on any atom is -0.353 e. The molecule has 0 saturated heterocycles. The van der Waals surface area contributed by atoms with Crippen LogP contribution >= 0.6 is 23.1 Å². The van der Waals surface area contributed by atoms with Crippen molar-refractivity contribution >= 4 is 39.2 Å². The van der Waals surface area contributed by atoms with E-state index in [9.17, 15) is 9.59 Å². The molecule has 1 unspecified atom stereocenters. The fourth-order valence-corrected chi connectivity index (χ4v) is 3.28. The molecule has 0 fully saturated rings. The first-order valence-corrected chi connectivity index (χ1v) is 8.63. The molecule has 7 heteroatoms. The average molecular weight is 325 g/mol. The minimum absolute atomic E-state index is 0.0409. The van der Waals surface area contributed by atoms with Gasteiger partial charge in [-0.25, -0.2) is 4.98 Å². The van der Waals surface area contributed by atoms with E-state index in [1.54, 1.807) is 7.05 Å². The third-order valence-corrected chi connectivity index (χ3v) is 5.29. The largest absolute Gasteiger partial charge is 0.353 e. The van der Waals surface area contributed by atoms with Crippen molar-refractivity contribution in [2.45, 2.75) is 32.0 Å². The zero-order valence-electron chi connectivity index (χ0n) is 12.5. The molecule has 0 aliphatic carbocycles. The number of hydrogen-bond donors (Lipinski definition) is 1. The Morgan fingerprint density at radius 2 is 2.19 bits per heavy atom. The van der Waals surface area contributed by atoms with Crippen LogP contribution in [-0.2, 0) is 11.8 Å². The number of carbonyl (C=O) groups excluding carboxylic acids is 1. The SMILES string of the molecule is CC(C)C(C)NC(=O)CSc1nc2ccsc2c(=O)n1C. The second-order valence-electron chi connectivity index (χ2n) is 5.28. The van der Waals surface area contributed by atoms with Gasteiger partial charge in [-0.2, -0.15) is 0 Å².